The van der Waals surface area contributed by atoms with Crippen molar-refractivity contribution in [1.82, 2.24) is 5.32 Å². The molecule has 2 aromatic carbocycles. The predicted octanol–water partition coefficient (Wildman–Crippen LogP) is 3.31. The summed E-state index contributed by atoms with van der Waals surface area (Å²) in [4.78, 5) is 0. The van der Waals surface area contributed by atoms with Crippen LogP contribution < -0.4 is 14.8 Å². The maximum atomic E-state index is 13.2. The highest BCUT2D eigenvalue weighted by Gasteiger charge is 2.27. The average molecular weight is 331 g/mol. The molecule has 0 bridgehead atoms. The number of methoxy groups -OCH3 is 1. The largest absolute Gasteiger partial charge is 0.504 e. The molecule has 0 spiro atoms. The van der Waals surface area contributed by atoms with E-state index in [0.717, 1.165) is 25.1 Å². The third-order valence-electron chi connectivity index (χ3n) is 4.52. The predicted molar refractivity (Wildman–Crippen MR) is 90.3 cm³/mol. The van der Waals surface area contributed by atoms with Crippen LogP contribution in [0.4, 0.5) is 4.39 Å². The van der Waals surface area contributed by atoms with Gasteiger partial charge in [0.15, 0.2) is 11.5 Å². The molecule has 2 N–H and O–H groups in total. The first-order valence-corrected chi connectivity index (χ1v) is 8.13. The van der Waals surface area contributed by atoms with Crippen LogP contribution in [-0.2, 0) is 0 Å². The third-order valence-corrected chi connectivity index (χ3v) is 4.52. The Morgan fingerprint density at radius 2 is 2.00 bits per heavy atom. The van der Waals surface area contributed by atoms with E-state index in [9.17, 15) is 9.50 Å². The number of phenols is 1. The monoisotopic (exact) mass is 331 g/mol. The Hall–Kier alpha value is -2.27. The highest BCUT2D eigenvalue weighted by Crippen LogP contribution is 2.33. The molecule has 2 unspecified atom stereocenters. The van der Waals surface area contributed by atoms with Gasteiger partial charge >= 0.3 is 0 Å². The highest BCUT2D eigenvalue weighted by molar-refractivity contribution is 5.44. The summed E-state index contributed by atoms with van der Waals surface area (Å²) < 4.78 is 24.2. The first-order chi connectivity index (χ1) is 11.7. The maximum Gasteiger partial charge on any atom is 0.164 e. The van der Waals surface area contributed by atoms with Gasteiger partial charge in [-0.1, -0.05) is 12.1 Å². The van der Waals surface area contributed by atoms with Gasteiger partial charge < -0.3 is 19.9 Å². The van der Waals surface area contributed by atoms with Crippen molar-refractivity contribution in [3.63, 3.8) is 0 Å². The molecule has 5 heteroatoms. The minimum absolute atomic E-state index is 0.0911. The van der Waals surface area contributed by atoms with Crippen molar-refractivity contribution in [1.29, 1.82) is 0 Å². The highest BCUT2D eigenvalue weighted by atomic mass is 19.1. The van der Waals surface area contributed by atoms with Crippen LogP contribution in [0.15, 0.2) is 42.5 Å². The Balaban J connectivity index is 1.69. The first kappa shape index (κ1) is 16.6. The Morgan fingerprint density at radius 3 is 2.75 bits per heavy atom. The van der Waals surface area contributed by atoms with Crippen molar-refractivity contribution in [3.8, 4) is 17.2 Å². The lowest BCUT2D eigenvalue weighted by atomic mass is 9.81. The molecule has 1 saturated heterocycles. The van der Waals surface area contributed by atoms with Crippen LogP contribution in [0.25, 0.3) is 0 Å². The number of phenolic OH excluding ortho intramolecular Hbond substituents is 1. The number of benzene rings is 2. The molecule has 0 radical (unpaired) electrons. The van der Waals surface area contributed by atoms with Crippen LogP contribution in [0.5, 0.6) is 17.2 Å². The van der Waals surface area contributed by atoms with Crippen LogP contribution in [0.2, 0.25) is 0 Å². The molecule has 128 valence electrons. The van der Waals surface area contributed by atoms with Gasteiger partial charge in [-0.2, -0.15) is 0 Å². The van der Waals surface area contributed by atoms with Crippen molar-refractivity contribution in [2.24, 2.45) is 5.92 Å². The molecule has 24 heavy (non-hydrogen) atoms. The van der Waals surface area contributed by atoms with Crippen molar-refractivity contribution in [2.75, 3.05) is 26.8 Å². The fourth-order valence-electron chi connectivity index (χ4n) is 3.20. The lowest BCUT2D eigenvalue weighted by molar-refractivity contribution is 0.196. The van der Waals surface area contributed by atoms with Gasteiger partial charge in [0.05, 0.1) is 13.7 Å². The maximum absolute atomic E-state index is 13.2. The van der Waals surface area contributed by atoms with Gasteiger partial charge in [-0.3, -0.25) is 0 Å². The molecule has 2 atom stereocenters. The summed E-state index contributed by atoms with van der Waals surface area (Å²) in [5, 5.41) is 13.0. The zero-order valence-corrected chi connectivity index (χ0v) is 13.7. The number of halogens is 1. The number of hydrogen-bond donors (Lipinski definition) is 2. The minimum Gasteiger partial charge on any atom is -0.504 e. The van der Waals surface area contributed by atoms with Crippen molar-refractivity contribution >= 4 is 0 Å². The summed E-state index contributed by atoms with van der Waals surface area (Å²) in [5.74, 6) is 1.57. The number of aromatic hydroxyl groups is 1. The number of hydrogen-bond acceptors (Lipinski definition) is 4. The fourth-order valence-corrected chi connectivity index (χ4v) is 3.20. The number of piperidine rings is 1. The standard InChI is InChI=1S/C19H22FNO3/c1-23-19-10-16(6-7-18(19)22)24-12-14-11-21-9-8-17(14)13-2-4-15(20)5-3-13/h2-7,10,14,17,21-22H,8-9,11-12H2,1H3. The zero-order valence-electron chi connectivity index (χ0n) is 13.7. The van der Waals surface area contributed by atoms with Gasteiger partial charge in [0, 0.05) is 18.5 Å². The van der Waals surface area contributed by atoms with Crippen molar-refractivity contribution in [3.05, 3.63) is 53.8 Å². The van der Waals surface area contributed by atoms with E-state index in [4.69, 9.17) is 9.47 Å². The zero-order chi connectivity index (χ0) is 16.9. The molecule has 0 aliphatic carbocycles. The van der Waals surface area contributed by atoms with Crippen LogP contribution in [0, 0.1) is 11.7 Å². The van der Waals surface area contributed by atoms with E-state index in [1.165, 1.54) is 19.2 Å². The van der Waals surface area contributed by atoms with E-state index in [0.29, 0.717) is 29.9 Å². The molecule has 1 fully saturated rings. The molecule has 0 aromatic heterocycles. The van der Waals surface area contributed by atoms with Crippen LogP contribution in [0.3, 0.4) is 0 Å². The molecule has 1 aliphatic rings. The van der Waals surface area contributed by atoms with Gasteiger partial charge in [-0.05, 0) is 48.7 Å². The summed E-state index contributed by atoms with van der Waals surface area (Å²) in [5.41, 5.74) is 1.15. The summed E-state index contributed by atoms with van der Waals surface area (Å²) in [7, 11) is 1.51. The van der Waals surface area contributed by atoms with E-state index in [-0.39, 0.29) is 11.6 Å². The van der Waals surface area contributed by atoms with Crippen LogP contribution in [-0.4, -0.2) is 31.9 Å². The van der Waals surface area contributed by atoms with E-state index in [1.54, 1.807) is 18.2 Å². The first-order valence-electron chi connectivity index (χ1n) is 8.13. The second-order valence-corrected chi connectivity index (χ2v) is 6.06. The third kappa shape index (κ3) is 3.79. The molecule has 4 nitrogen and oxygen atoms in total. The molecule has 1 heterocycles. The van der Waals surface area contributed by atoms with Gasteiger partial charge in [0.25, 0.3) is 0 Å². The van der Waals surface area contributed by atoms with Gasteiger partial charge in [-0.15, -0.1) is 0 Å². The van der Waals surface area contributed by atoms with E-state index in [2.05, 4.69) is 5.32 Å². The molecule has 1 aliphatic heterocycles. The van der Waals surface area contributed by atoms with Crippen LogP contribution in [0.1, 0.15) is 17.9 Å². The van der Waals surface area contributed by atoms with Crippen molar-refractivity contribution < 1.29 is 19.0 Å². The summed E-state index contributed by atoms with van der Waals surface area (Å²) in [6.45, 7) is 2.35. The number of ether oxygens (including phenoxy) is 2. The average Bonchev–Trinajstić information content (AvgIpc) is 2.62. The Kier molecular flexibility index (Phi) is 5.20. The van der Waals surface area contributed by atoms with Gasteiger partial charge in [-0.25, -0.2) is 4.39 Å². The normalized spacial score (nSPS) is 20.6. The second kappa shape index (κ2) is 7.53. The van der Waals surface area contributed by atoms with Gasteiger partial charge in [0.2, 0.25) is 0 Å². The molecule has 0 amide bonds. The second-order valence-electron chi connectivity index (χ2n) is 6.06. The molecule has 0 saturated carbocycles. The number of rotatable bonds is 5. The van der Waals surface area contributed by atoms with E-state index < -0.39 is 0 Å². The SMILES string of the molecule is COc1cc(OCC2CNCCC2c2ccc(F)cc2)ccc1O. The Bertz CT molecular complexity index is 675. The quantitative estimate of drug-likeness (QED) is 0.882. The van der Waals surface area contributed by atoms with Crippen molar-refractivity contribution in [2.45, 2.75) is 12.3 Å². The molecule has 3 rings (SSSR count). The van der Waals surface area contributed by atoms with E-state index in [1.807, 2.05) is 12.1 Å². The molecular weight excluding hydrogens is 309 g/mol. The summed E-state index contributed by atoms with van der Waals surface area (Å²) >= 11 is 0. The smallest absolute Gasteiger partial charge is 0.164 e. The summed E-state index contributed by atoms with van der Waals surface area (Å²) in [6, 6.07) is 11.7. The van der Waals surface area contributed by atoms with Crippen LogP contribution >= 0.6 is 0 Å². The fraction of sp³-hybridized carbons (Fsp3) is 0.368. The lowest BCUT2D eigenvalue weighted by Crippen LogP contribution is -2.38. The Labute approximate surface area is 141 Å². The topological polar surface area (TPSA) is 50.7 Å². The number of nitrogens with one attached hydrogen (secondary N) is 1. The molecule has 2 aromatic rings. The Morgan fingerprint density at radius 1 is 1.21 bits per heavy atom. The summed E-state index contributed by atoms with van der Waals surface area (Å²) in [6.07, 6.45) is 0.999. The lowest BCUT2D eigenvalue weighted by Gasteiger charge is -2.32. The molecular formula is C19H22FNO3. The minimum atomic E-state index is -0.211. The van der Waals surface area contributed by atoms with E-state index >= 15 is 0 Å². The van der Waals surface area contributed by atoms with Gasteiger partial charge in [0.1, 0.15) is 11.6 Å².